The first kappa shape index (κ1) is 26.0. The van der Waals surface area contributed by atoms with Crippen LogP contribution in [0.5, 0.6) is 11.5 Å². The molecule has 0 unspecified atom stereocenters. The Morgan fingerprint density at radius 1 is 1.09 bits per heavy atom. The fourth-order valence-electron chi connectivity index (χ4n) is 3.10. The Kier molecular flexibility index (Phi) is 9.43. The van der Waals surface area contributed by atoms with E-state index in [2.05, 4.69) is 21.2 Å². The number of amides is 1. The molecule has 0 aliphatic heterocycles. The second-order valence-corrected chi connectivity index (χ2v) is 8.31. The Hall–Kier alpha value is -3.65. The lowest BCUT2D eigenvalue weighted by Crippen LogP contribution is -2.10. The molecule has 0 radical (unpaired) electrons. The third-order valence-corrected chi connectivity index (χ3v) is 5.40. The van der Waals surface area contributed by atoms with Crippen molar-refractivity contribution in [2.45, 2.75) is 20.0 Å². The van der Waals surface area contributed by atoms with Gasteiger partial charge in [0.25, 0.3) is 0 Å². The summed E-state index contributed by atoms with van der Waals surface area (Å²) in [5.74, 6) is -0.318. The molecular formula is C27H25BrFNO5. The Balaban J connectivity index is 1.67. The minimum Gasteiger partial charge on any atom is -0.493 e. The molecule has 3 aromatic carbocycles. The Morgan fingerprint density at radius 3 is 2.63 bits per heavy atom. The molecule has 0 atom stereocenters. The minimum atomic E-state index is -0.437. The number of benzene rings is 3. The van der Waals surface area contributed by atoms with Gasteiger partial charge in [-0.2, -0.15) is 0 Å². The third-order valence-electron chi connectivity index (χ3n) is 4.81. The number of carbonyl (C=O) groups excluding carboxylic acids is 2. The van der Waals surface area contributed by atoms with Crippen LogP contribution in [0.4, 0.5) is 10.1 Å². The number of halogens is 2. The van der Waals surface area contributed by atoms with Gasteiger partial charge in [0, 0.05) is 17.3 Å². The maximum absolute atomic E-state index is 13.9. The Morgan fingerprint density at radius 2 is 1.89 bits per heavy atom. The predicted octanol–water partition coefficient (Wildman–Crippen LogP) is 6.39. The van der Waals surface area contributed by atoms with Crippen LogP contribution in [-0.4, -0.2) is 25.6 Å². The van der Waals surface area contributed by atoms with E-state index in [1.165, 1.54) is 19.3 Å². The topological polar surface area (TPSA) is 73.9 Å². The number of esters is 1. The molecule has 8 heteroatoms. The van der Waals surface area contributed by atoms with E-state index in [4.69, 9.17) is 14.2 Å². The first-order valence-corrected chi connectivity index (χ1v) is 11.7. The standard InChI is InChI=1S/C27H25BrFNO5/c1-3-13-34-27(32)19-8-6-9-21(16-19)30-25(31)12-11-18-14-22(28)26(24(15-18)33-2)35-17-20-7-4-5-10-23(20)29/h4-12,14-16H,3,13,17H2,1-2H3,(H,30,31)/b12-11+. The molecule has 3 aromatic rings. The summed E-state index contributed by atoms with van der Waals surface area (Å²) in [4.78, 5) is 24.4. The molecule has 0 saturated heterocycles. The molecule has 0 aromatic heterocycles. The van der Waals surface area contributed by atoms with Gasteiger partial charge in [0.05, 0.1) is 23.8 Å². The largest absolute Gasteiger partial charge is 0.493 e. The van der Waals surface area contributed by atoms with Crippen molar-refractivity contribution < 1.29 is 28.2 Å². The van der Waals surface area contributed by atoms with Gasteiger partial charge >= 0.3 is 5.97 Å². The fraction of sp³-hybridized carbons (Fsp3) is 0.185. The zero-order valence-corrected chi connectivity index (χ0v) is 20.9. The monoisotopic (exact) mass is 541 g/mol. The lowest BCUT2D eigenvalue weighted by atomic mass is 10.1. The molecule has 0 aliphatic rings. The van der Waals surface area contributed by atoms with Crippen LogP contribution < -0.4 is 14.8 Å². The molecule has 3 rings (SSSR count). The van der Waals surface area contributed by atoms with Crippen LogP contribution in [0.3, 0.4) is 0 Å². The van der Waals surface area contributed by atoms with Crippen LogP contribution in [0, 0.1) is 5.82 Å². The average Bonchev–Trinajstić information content (AvgIpc) is 2.86. The van der Waals surface area contributed by atoms with Gasteiger partial charge in [-0.05, 0) is 70.4 Å². The SMILES string of the molecule is CCCOC(=O)c1cccc(NC(=O)/C=C/c2cc(Br)c(OCc3ccccc3F)c(OC)c2)c1. The molecule has 0 fully saturated rings. The number of nitrogens with one attached hydrogen (secondary N) is 1. The van der Waals surface area contributed by atoms with E-state index in [9.17, 15) is 14.0 Å². The number of hydrogen-bond donors (Lipinski definition) is 1. The van der Waals surface area contributed by atoms with Gasteiger partial charge in [0.1, 0.15) is 12.4 Å². The summed E-state index contributed by atoms with van der Waals surface area (Å²) in [6.45, 7) is 2.28. The number of anilines is 1. The van der Waals surface area contributed by atoms with Gasteiger partial charge in [0.2, 0.25) is 5.91 Å². The van der Waals surface area contributed by atoms with Crippen LogP contribution in [0.1, 0.15) is 34.8 Å². The van der Waals surface area contributed by atoms with Crippen LogP contribution in [-0.2, 0) is 16.1 Å². The van der Waals surface area contributed by atoms with Crippen molar-refractivity contribution in [3.05, 3.63) is 93.7 Å². The maximum atomic E-state index is 13.9. The van der Waals surface area contributed by atoms with Crippen LogP contribution >= 0.6 is 15.9 Å². The fourth-order valence-corrected chi connectivity index (χ4v) is 3.67. The summed E-state index contributed by atoms with van der Waals surface area (Å²) in [6.07, 6.45) is 3.71. The first-order valence-electron chi connectivity index (χ1n) is 10.9. The van der Waals surface area contributed by atoms with Crippen molar-refractivity contribution >= 4 is 39.6 Å². The number of hydrogen-bond acceptors (Lipinski definition) is 5. The van der Waals surface area contributed by atoms with E-state index >= 15 is 0 Å². The quantitative estimate of drug-likeness (QED) is 0.237. The minimum absolute atomic E-state index is 0.0320. The number of carbonyl (C=O) groups is 2. The van der Waals surface area contributed by atoms with Crippen LogP contribution in [0.15, 0.2) is 71.2 Å². The molecule has 0 aliphatic carbocycles. The van der Waals surface area contributed by atoms with E-state index < -0.39 is 5.97 Å². The number of methoxy groups -OCH3 is 1. The van der Waals surface area contributed by atoms with Crippen molar-refractivity contribution in [1.29, 1.82) is 0 Å². The second kappa shape index (κ2) is 12.7. The molecule has 0 saturated carbocycles. The lowest BCUT2D eigenvalue weighted by Gasteiger charge is -2.14. The van der Waals surface area contributed by atoms with Crippen molar-refractivity contribution in [3.8, 4) is 11.5 Å². The van der Waals surface area contributed by atoms with E-state index in [0.29, 0.717) is 45.0 Å². The summed E-state index contributed by atoms with van der Waals surface area (Å²) in [5, 5.41) is 2.73. The Bertz CT molecular complexity index is 1230. The van der Waals surface area contributed by atoms with E-state index in [1.54, 1.807) is 60.7 Å². The molecule has 1 amide bonds. The average molecular weight is 542 g/mol. The Labute approximate surface area is 211 Å². The van der Waals surface area contributed by atoms with Crippen molar-refractivity contribution in [2.75, 3.05) is 19.0 Å². The molecule has 182 valence electrons. The lowest BCUT2D eigenvalue weighted by molar-refractivity contribution is -0.111. The maximum Gasteiger partial charge on any atom is 0.338 e. The highest BCUT2D eigenvalue weighted by molar-refractivity contribution is 9.10. The zero-order chi connectivity index (χ0) is 25.2. The molecule has 35 heavy (non-hydrogen) atoms. The van der Waals surface area contributed by atoms with Crippen molar-refractivity contribution in [3.63, 3.8) is 0 Å². The zero-order valence-electron chi connectivity index (χ0n) is 19.3. The summed E-state index contributed by atoms with van der Waals surface area (Å²) in [7, 11) is 1.50. The summed E-state index contributed by atoms with van der Waals surface area (Å²) < 4.78 is 30.8. The number of rotatable bonds is 10. The highest BCUT2D eigenvalue weighted by atomic mass is 79.9. The van der Waals surface area contributed by atoms with Crippen molar-refractivity contribution in [1.82, 2.24) is 0 Å². The van der Waals surface area contributed by atoms with Gasteiger partial charge < -0.3 is 19.5 Å². The summed E-state index contributed by atoms with van der Waals surface area (Å²) in [5.41, 5.74) is 1.94. The van der Waals surface area contributed by atoms with E-state index in [1.807, 2.05) is 6.92 Å². The smallest absolute Gasteiger partial charge is 0.338 e. The van der Waals surface area contributed by atoms with Crippen molar-refractivity contribution in [2.24, 2.45) is 0 Å². The first-order chi connectivity index (χ1) is 16.9. The summed E-state index contributed by atoms with van der Waals surface area (Å²) >= 11 is 3.45. The molecular weight excluding hydrogens is 517 g/mol. The van der Waals surface area contributed by atoms with Crippen LogP contribution in [0.25, 0.3) is 6.08 Å². The number of ether oxygens (including phenoxy) is 3. The molecule has 0 heterocycles. The highest BCUT2D eigenvalue weighted by Gasteiger charge is 2.13. The molecule has 0 bridgehead atoms. The molecule has 1 N–H and O–H groups in total. The van der Waals surface area contributed by atoms with Gasteiger partial charge in [0.15, 0.2) is 11.5 Å². The highest BCUT2D eigenvalue weighted by Crippen LogP contribution is 2.37. The third kappa shape index (κ3) is 7.42. The molecule has 0 spiro atoms. The molecule has 6 nitrogen and oxygen atoms in total. The van der Waals surface area contributed by atoms with E-state index in [-0.39, 0.29) is 18.3 Å². The summed E-state index contributed by atoms with van der Waals surface area (Å²) in [6, 6.07) is 16.4. The van der Waals surface area contributed by atoms with Gasteiger partial charge in [-0.15, -0.1) is 0 Å². The normalized spacial score (nSPS) is 10.7. The van der Waals surface area contributed by atoms with Gasteiger partial charge in [-0.3, -0.25) is 4.79 Å². The van der Waals surface area contributed by atoms with Gasteiger partial charge in [-0.25, -0.2) is 9.18 Å². The van der Waals surface area contributed by atoms with Crippen LogP contribution in [0.2, 0.25) is 0 Å². The predicted molar refractivity (Wildman–Crippen MR) is 136 cm³/mol. The van der Waals surface area contributed by atoms with E-state index in [0.717, 1.165) is 6.42 Å². The van der Waals surface area contributed by atoms with Gasteiger partial charge in [-0.1, -0.05) is 31.2 Å². The second-order valence-electron chi connectivity index (χ2n) is 7.45.